The summed E-state index contributed by atoms with van der Waals surface area (Å²) >= 11 is 12.2. The zero-order valence-electron chi connectivity index (χ0n) is 18.5. The lowest BCUT2D eigenvalue weighted by molar-refractivity contribution is 0.102. The van der Waals surface area contributed by atoms with Gasteiger partial charge in [-0.25, -0.2) is 22.9 Å². The second-order valence-corrected chi connectivity index (χ2v) is 8.75. The summed E-state index contributed by atoms with van der Waals surface area (Å²) in [5.74, 6) is -4.67. The molecule has 0 radical (unpaired) electrons. The Bertz CT molecular complexity index is 1630. The number of carbonyl (C=O) groups excluding carboxylic acids is 2. The van der Waals surface area contributed by atoms with E-state index in [-0.39, 0.29) is 39.1 Å². The van der Waals surface area contributed by atoms with Gasteiger partial charge < -0.3 is 10.6 Å². The highest BCUT2D eigenvalue weighted by Crippen LogP contribution is 2.31. The lowest BCUT2D eigenvalue weighted by atomic mass is 10.1. The van der Waals surface area contributed by atoms with Crippen LogP contribution in [0.2, 0.25) is 10.0 Å². The Morgan fingerprint density at radius 3 is 2.32 bits per heavy atom. The van der Waals surface area contributed by atoms with Gasteiger partial charge in [0.15, 0.2) is 17.3 Å². The Kier molecular flexibility index (Phi) is 6.26. The van der Waals surface area contributed by atoms with Crippen molar-refractivity contribution in [1.29, 1.82) is 0 Å². The minimum atomic E-state index is -1.31. The van der Waals surface area contributed by atoms with Crippen LogP contribution in [0, 0.1) is 17.5 Å². The largest absolute Gasteiger partial charge is 0.336 e. The van der Waals surface area contributed by atoms with Gasteiger partial charge >= 0.3 is 6.03 Å². The first kappa shape index (κ1) is 24.6. The molecular formula is C24H14Cl2F3N5O3. The van der Waals surface area contributed by atoms with Crippen LogP contribution in [-0.2, 0) is 0 Å². The minimum Gasteiger partial charge on any atom is -0.336 e. The molecule has 188 valence electrons. The lowest BCUT2D eigenvalue weighted by Gasteiger charge is -2.18. The van der Waals surface area contributed by atoms with Crippen LogP contribution in [0.25, 0.3) is 16.7 Å². The summed E-state index contributed by atoms with van der Waals surface area (Å²) in [4.78, 5) is 44.1. The molecule has 3 heterocycles. The van der Waals surface area contributed by atoms with Crippen LogP contribution in [0.5, 0.6) is 0 Å². The molecule has 0 saturated carbocycles. The van der Waals surface area contributed by atoms with Crippen molar-refractivity contribution >= 4 is 57.7 Å². The molecule has 2 aromatic carbocycles. The lowest BCUT2D eigenvalue weighted by Crippen LogP contribution is -2.29. The fraction of sp³-hybridized carbons (Fsp3) is 0.0833. The van der Waals surface area contributed by atoms with Gasteiger partial charge in [0.05, 0.1) is 21.1 Å². The van der Waals surface area contributed by atoms with E-state index in [2.05, 4.69) is 15.6 Å². The molecule has 0 aliphatic carbocycles. The van der Waals surface area contributed by atoms with E-state index in [1.54, 1.807) is 6.07 Å². The minimum absolute atomic E-state index is 0.0227. The Labute approximate surface area is 216 Å². The van der Waals surface area contributed by atoms with Crippen molar-refractivity contribution in [2.75, 3.05) is 23.3 Å². The summed E-state index contributed by atoms with van der Waals surface area (Å²) in [5.41, 5.74) is -2.37. The number of urea groups is 1. The number of benzene rings is 2. The second kappa shape index (κ2) is 9.41. The maximum Gasteiger partial charge on any atom is 0.323 e. The van der Waals surface area contributed by atoms with Gasteiger partial charge in [0.2, 0.25) is 5.43 Å². The van der Waals surface area contributed by atoms with Gasteiger partial charge in [-0.05, 0) is 24.3 Å². The van der Waals surface area contributed by atoms with E-state index in [0.717, 1.165) is 10.8 Å². The smallest absolute Gasteiger partial charge is 0.323 e. The number of fused-ring (bicyclic) bond motifs is 1. The summed E-state index contributed by atoms with van der Waals surface area (Å²) in [6.07, 6.45) is 0.880. The quantitative estimate of drug-likeness (QED) is 0.380. The molecule has 2 aromatic heterocycles. The molecule has 3 amide bonds. The topological polar surface area (TPSA) is 96.3 Å². The highest BCUT2D eigenvalue weighted by molar-refractivity contribution is 6.40. The summed E-state index contributed by atoms with van der Waals surface area (Å²) in [7, 11) is 0. The summed E-state index contributed by atoms with van der Waals surface area (Å²) in [5, 5.41) is 5.02. The first-order chi connectivity index (χ1) is 17.7. The normalized spacial score (nSPS) is 13.2. The first-order valence-electron chi connectivity index (χ1n) is 10.7. The Hall–Kier alpha value is -4.09. The number of hydrogen-bond donors (Lipinski definition) is 2. The molecule has 5 rings (SSSR count). The van der Waals surface area contributed by atoms with E-state index >= 15 is 0 Å². The molecule has 8 nitrogen and oxygen atoms in total. The van der Waals surface area contributed by atoms with Gasteiger partial charge in [-0.15, -0.1) is 0 Å². The molecule has 0 unspecified atom stereocenters. The monoisotopic (exact) mass is 547 g/mol. The third-order valence-electron chi connectivity index (χ3n) is 5.64. The molecule has 37 heavy (non-hydrogen) atoms. The van der Waals surface area contributed by atoms with Crippen molar-refractivity contribution in [1.82, 2.24) is 14.9 Å². The van der Waals surface area contributed by atoms with E-state index in [0.29, 0.717) is 18.7 Å². The molecule has 2 N–H and O–H groups in total. The number of rotatable bonds is 4. The van der Waals surface area contributed by atoms with Crippen molar-refractivity contribution in [2.24, 2.45) is 0 Å². The number of carbonyl (C=O) groups is 2. The zero-order chi connectivity index (χ0) is 26.4. The van der Waals surface area contributed by atoms with E-state index in [9.17, 15) is 27.6 Å². The van der Waals surface area contributed by atoms with Crippen LogP contribution in [0.3, 0.4) is 0 Å². The molecule has 0 spiro atoms. The Morgan fingerprint density at radius 2 is 1.70 bits per heavy atom. The van der Waals surface area contributed by atoms with Crippen LogP contribution in [0.4, 0.5) is 29.5 Å². The standard InChI is InChI=1S/C24H14Cl2F3N5O3/c25-14-2-1-3-15(26)19(14)32-23(36)13-10-34(20-16(28)8-11(27)9-17(20)29)22-12(21(13)35)4-5-18(31-22)33-7-6-30-24(33)37/h1-5,8-10H,6-7H2,(H,30,37)(H,32,36). The van der Waals surface area contributed by atoms with Crippen molar-refractivity contribution in [3.05, 3.63) is 91.9 Å². The van der Waals surface area contributed by atoms with Crippen molar-refractivity contribution in [3.8, 4) is 5.69 Å². The number of nitrogens with one attached hydrogen (secondary N) is 2. The van der Waals surface area contributed by atoms with Crippen LogP contribution < -0.4 is 21.0 Å². The van der Waals surface area contributed by atoms with E-state index in [4.69, 9.17) is 23.2 Å². The highest BCUT2D eigenvalue weighted by atomic mass is 35.5. The molecule has 0 bridgehead atoms. The predicted molar refractivity (Wildman–Crippen MR) is 132 cm³/mol. The maximum atomic E-state index is 14.9. The SMILES string of the molecule is O=C(Nc1c(Cl)cccc1Cl)c1cn(-c2c(F)cc(F)cc2F)c2nc(N3CCNC3=O)ccc2c1=O. The van der Waals surface area contributed by atoms with E-state index in [1.165, 1.54) is 29.2 Å². The first-order valence-corrected chi connectivity index (χ1v) is 11.4. The summed E-state index contributed by atoms with van der Waals surface area (Å²) < 4.78 is 44.2. The van der Waals surface area contributed by atoms with Crippen LogP contribution in [-0.4, -0.2) is 34.6 Å². The Morgan fingerprint density at radius 1 is 1.03 bits per heavy atom. The van der Waals surface area contributed by atoms with Crippen molar-refractivity contribution < 1.29 is 22.8 Å². The number of anilines is 2. The van der Waals surface area contributed by atoms with Gasteiger partial charge in [0.1, 0.15) is 22.9 Å². The Balaban J connectivity index is 1.75. The fourth-order valence-corrected chi connectivity index (χ4v) is 4.42. The third kappa shape index (κ3) is 4.36. The van der Waals surface area contributed by atoms with Crippen LogP contribution >= 0.6 is 23.2 Å². The summed E-state index contributed by atoms with van der Waals surface area (Å²) in [6, 6.07) is 7.56. The second-order valence-electron chi connectivity index (χ2n) is 7.93. The fourth-order valence-electron chi connectivity index (χ4n) is 3.93. The number of nitrogens with zero attached hydrogens (tertiary/aromatic N) is 3. The van der Waals surface area contributed by atoms with Crippen molar-refractivity contribution in [3.63, 3.8) is 0 Å². The number of halogens is 5. The molecule has 1 aliphatic heterocycles. The van der Waals surface area contributed by atoms with Crippen LogP contribution in [0.15, 0.2) is 53.5 Å². The molecule has 13 heteroatoms. The number of para-hydroxylation sites is 1. The van der Waals surface area contributed by atoms with Crippen LogP contribution in [0.1, 0.15) is 10.4 Å². The summed E-state index contributed by atoms with van der Waals surface area (Å²) in [6.45, 7) is 0.607. The van der Waals surface area contributed by atoms with Crippen molar-refractivity contribution in [2.45, 2.75) is 0 Å². The highest BCUT2D eigenvalue weighted by Gasteiger charge is 2.26. The number of hydrogen-bond acceptors (Lipinski definition) is 4. The molecular weight excluding hydrogens is 534 g/mol. The van der Waals surface area contributed by atoms with E-state index in [1.807, 2.05) is 0 Å². The number of pyridine rings is 2. The zero-order valence-corrected chi connectivity index (χ0v) is 20.0. The van der Waals surface area contributed by atoms with Gasteiger partial charge in [0, 0.05) is 31.4 Å². The number of amides is 3. The predicted octanol–water partition coefficient (Wildman–Crippen LogP) is 4.89. The molecule has 1 aliphatic rings. The van der Waals surface area contributed by atoms with Gasteiger partial charge in [-0.2, -0.15) is 0 Å². The molecule has 1 saturated heterocycles. The molecule has 0 atom stereocenters. The maximum absolute atomic E-state index is 14.9. The number of aromatic nitrogens is 2. The molecule has 4 aromatic rings. The average molecular weight is 548 g/mol. The molecule has 1 fully saturated rings. The van der Waals surface area contributed by atoms with E-state index < -0.39 is 46.1 Å². The van der Waals surface area contributed by atoms with Gasteiger partial charge in [-0.1, -0.05) is 29.3 Å². The van der Waals surface area contributed by atoms with Gasteiger partial charge in [-0.3, -0.25) is 19.1 Å². The third-order valence-corrected chi connectivity index (χ3v) is 6.27. The average Bonchev–Trinajstić information content (AvgIpc) is 3.27. The van der Waals surface area contributed by atoms with Gasteiger partial charge in [0.25, 0.3) is 5.91 Å².